The summed E-state index contributed by atoms with van der Waals surface area (Å²) in [5.74, 6) is 1.05. The third kappa shape index (κ3) is 4.06. The van der Waals surface area contributed by atoms with Gasteiger partial charge in [-0.3, -0.25) is 5.43 Å². The third-order valence-electron chi connectivity index (χ3n) is 3.66. The average molecular weight is 357 g/mol. The highest BCUT2D eigenvalue weighted by Gasteiger charge is 2.28. The largest absolute Gasteiger partial charge is 0.494 e. The lowest BCUT2D eigenvalue weighted by Gasteiger charge is -2.05. The highest BCUT2D eigenvalue weighted by molar-refractivity contribution is 7.90. The zero-order chi connectivity index (χ0) is 17.7. The molecule has 6 nitrogen and oxygen atoms in total. The number of benzene rings is 2. The first-order chi connectivity index (χ1) is 12.1. The van der Waals surface area contributed by atoms with Gasteiger partial charge in [0.2, 0.25) is 0 Å². The standard InChI is InChI=1S/C18H19N3O3S/c1-2-3-12-24-15-10-8-14(9-11-15)13-19-20-18-16-6-4-5-7-17(16)25(22,23)21-18/h4-11,13H,2-3,12H2,1H3,(H,20,21)/b19-13+. The van der Waals surface area contributed by atoms with Crippen molar-refractivity contribution in [3.05, 3.63) is 59.7 Å². The lowest BCUT2D eigenvalue weighted by molar-refractivity contribution is 0.309. The Balaban J connectivity index is 1.64. The van der Waals surface area contributed by atoms with Crippen molar-refractivity contribution in [1.29, 1.82) is 0 Å². The van der Waals surface area contributed by atoms with Gasteiger partial charge < -0.3 is 4.74 Å². The number of hydrogen-bond donors (Lipinski definition) is 1. The van der Waals surface area contributed by atoms with E-state index >= 15 is 0 Å². The van der Waals surface area contributed by atoms with Crippen LogP contribution in [0.4, 0.5) is 0 Å². The van der Waals surface area contributed by atoms with Gasteiger partial charge in [-0.25, -0.2) is 0 Å². The summed E-state index contributed by atoms with van der Waals surface area (Å²) < 4.78 is 33.2. The monoisotopic (exact) mass is 357 g/mol. The number of sulfonamides is 1. The molecule has 0 saturated carbocycles. The molecule has 2 aromatic carbocycles. The first-order valence-corrected chi connectivity index (χ1v) is 9.50. The molecule has 1 heterocycles. The van der Waals surface area contributed by atoms with Gasteiger partial charge in [-0.15, -0.1) is 4.40 Å². The van der Waals surface area contributed by atoms with Gasteiger partial charge in [0.1, 0.15) is 10.6 Å². The van der Waals surface area contributed by atoms with E-state index in [1.165, 1.54) is 6.07 Å². The van der Waals surface area contributed by atoms with Crippen LogP contribution in [0.15, 0.2) is 62.9 Å². The molecule has 7 heteroatoms. The van der Waals surface area contributed by atoms with Crippen molar-refractivity contribution < 1.29 is 13.2 Å². The fraction of sp³-hybridized carbons (Fsp3) is 0.222. The molecule has 0 unspecified atom stereocenters. The number of hydrogen-bond acceptors (Lipinski definition) is 5. The van der Waals surface area contributed by atoms with Crippen LogP contribution in [0.5, 0.6) is 5.75 Å². The van der Waals surface area contributed by atoms with E-state index in [0.29, 0.717) is 12.2 Å². The normalized spacial score (nSPS) is 15.0. The van der Waals surface area contributed by atoms with Gasteiger partial charge in [-0.05, 0) is 48.4 Å². The van der Waals surface area contributed by atoms with Gasteiger partial charge >= 0.3 is 0 Å². The van der Waals surface area contributed by atoms with Crippen molar-refractivity contribution in [3.8, 4) is 5.75 Å². The van der Waals surface area contributed by atoms with Crippen LogP contribution in [-0.2, 0) is 10.0 Å². The fourth-order valence-corrected chi connectivity index (χ4v) is 3.51. The summed E-state index contributed by atoms with van der Waals surface area (Å²) in [4.78, 5) is 0.196. The average Bonchev–Trinajstić information content (AvgIpc) is 2.88. The number of nitrogens with one attached hydrogen (secondary N) is 1. The van der Waals surface area contributed by atoms with Crippen LogP contribution >= 0.6 is 0 Å². The van der Waals surface area contributed by atoms with Crippen LogP contribution in [0.2, 0.25) is 0 Å². The van der Waals surface area contributed by atoms with E-state index in [9.17, 15) is 8.42 Å². The van der Waals surface area contributed by atoms with Crippen LogP contribution in [0.3, 0.4) is 0 Å². The molecule has 1 aliphatic heterocycles. The maximum absolute atomic E-state index is 11.9. The SMILES string of the molecule is CCCCOc1ccc(/C=N/NC2=NS(=O)(=O)c3ccccc32)cc1. The second-order valence-electron chi connectivity index (χ2n) is 5.55. The zero-order valence-electron chi connectivity index (χ0n) is 13.8. The molecule has 2 aromatic rings. The molecule has 1 N–H and O–H groups in total. The summed E-state index contributed by atoms with van der Waals surface area (Å²) in [5, 5.41) is 4.08. The molecule has 0 spiro atoms. The Hall–Kier alpha value is -2.67. The van der Waals surface area contributed by atoms with Gasteiger partial charge in [0.05, 0.1) is 12.8 Å². The molecule has 130 valence electrons. The highest BCUT2D eigenvalue weighted by Crippen LogP contribution is 2.24. The fourth-order valence-electron chi connectivity index (χ4n) is 2.34. The van der Waals surface area contributed by atoms with E-state index in [-0.39, 0.29) is 10.7 Å². The Morgan fingerprint density at radius 1 is 1.16 bits per heavy atom. The molecule has 0 radical (unpaired) electrons. The minimum absolute atomic E-state index is 0.196. The van der Waals surface area contributed by atoms with Crippen molar-refractivity contribution in [3.63, 3.8) is 0 Å². The molecule has 3 rings (SSSR count). The van der Waals surface area contributed by atoms with E-state index in [1.54, 1.807) is 24.4 Å². The molecular formula is C18H19N3O3S. The molecule has 0 aromatic heterocycles. The summed E-state index contributed by atoms with van der Waals surface area (Å²) in [6.45, 7) is 2.83. The van der Waals surface area contributed by atoms with E-state index in [2.05, 4.69) is 21.8 Å². The van der Waals surface area contributed by atoms with Crippen LogP contribution in [0.25, 0.3) is 0 Å². The molecule has 0 aliphatic carbocycles. The van der Waals surface area contributed by atoms with E-state index in [1.807, 2.05) is 24.3 Å². The van der Waals surface area contributed by atoms with E-state index < -0.39 is 10.0 Å². The van der Waals surface area contributed by atoms with Crippen molar-refractivity contribution in [2.75, 3.05) is 6.61 Å². The second-order valence-corrected chi connectivity index (χ2v) is 7.12. The first kappa shape index (κ1) is 17.2. The molecule has 25 heavy (non-hydrogen) atoms. The van der Waals surface area contributed by atoms with Gasteiger partial charge in [-0.2, -0.15) is 13.5 Å². The van der Waals surface area contributed by atoms with Gasteiger partial charge in [0, 0.05) is 5.56 Å². The molecule has 0 saturated heterocycles. The molecule has 0 atom stereocenters. The van der Waals surface area contributed by atoms with E-state index in [4.69, 9.17) is 4.74 Å². The van der Waals surface area contributed by atoms with Gasteiger partial charge in [0.25, 0.3) is 10.0 Å². The van der Waals surface area contributed by atoms with E-state index in [0.717, 1.165) is 24.2 Å². The quantitative estimate of drug-likeness (QED) is 0.490. The van der Waals surface area contributed by atoms with Crippen LogP contribution in [0, 0.1) is 0 Å². The van der Waals surface area contributed by atoms with Crippen molar-refractivity contribution in [1.82, 2.24) is 5.43 Å². The number of fused-ring (bicyclic) bond motifs is 1. The first-order valence-electron chi connectivity index (χ1n) is 8.06. The number of ether oxygens (including phenoxy) is 1. The Kier molecular flexibility index (Phi) is 5.14. The minimum atomic E-state index is -3.63. The maximum atomic E-state index is 11.9. The molecule has 1 aliphatic rings. The summed E-state index contributed by atoms with van der Waals surface area (Å²) in [6, 6.07) is 14.2. The lowest BCUT2D eigenvalue weighted by Crippen LogP contribution is -2.17. The van der Waals surface area contributed by atoms with Crippen molar-refractivity contribution >= 4 is 22.1 Å². The van der Waals surface area contributed by atoms with Crippen LogP contribution in [-0.4, -0.2) is 27.1 Å². The predicted molar refractivity (Wildman–Crippen MR) is 97.7 cm³/mol. The Morgan fingerprint density at radius 3 is 2.68 bits per heavy atom. The number of hydrazone groups is 1. The Morgan fingerprint density at radius 2 is 1.92 bits per heavy atom. The smallest absolute Gasteiger partial charge is 0.285 e. The number of amidine groups is 1. The molecule has 0 amide bonds. The highest BCUT2D eigenvalue weighted by atomic mass is 32.2. The lowest BCUT2D eigenvalue weighted by atomic mass is 10.2. The minimum Gasteiger partial charge on any atom is -0.494 e. The molecule has 0 bridgehead atoms. The molecule has 0 fully saturated rings. The predicted octanol–water partition coefficient (Wildman–Crippen LogP) is 2.94. The van der Waals surface area contributed by atoms with Crippen molar-refractivity contribution in [2.45, 2.75) is 24.7 Å². The van der Waals surface area contributed by atoms with Crippen LogP contribution < -0.4 is 10.2 Å². The third-order valence-corrected chi connectivity index (χ3v) is 5.00. The topological polar surface area (TPSA) is 80.1 Å². The van der Waals surface area contributed by atoms with Gasteiger partial charge in [0.15, 0.2) is 5.84 Å². The number of nitrogens with zero attached hydrogens (tertiary/aromatic N) is 2. The Labute approximate surface area is 147 Å². The zero-order valence-corrected chi connectivity index (χ0v) is 14.7. The van der Waals surface area contributed by atoms with Crippen LogP contribution in [0.1, 0.15) is 30.9 Å². The van der Waals surface area contributed by atoms with Crippen molar-refractivity contribution in [2.24, 2.45) is 9.50 Å². The molecular weight excluding hydrogens is 338 g/mol. The number of unbranched alkanes of at least 4 members (excludes halogenated alkanes) is 1. The summed E-state index contributed by atoms with van der Waals surface area (Å²) in [7, 11) is -3.63. The summed E-state index contributed by atoms with van der Waals surface area (Å²) in [5.41, 5.74) is 4.10. The Bertz CT molecular complexity index is 903. The number of rotatable bonds is 6. The maximum Gasteiger partial charge on any atom is 0.285 e. The second kappa shape index (κ2) is 7.48. The summed E-state index contributed by atoms with van der Waals surface area (Å²) in [6.07, 6.45) is 3.73. The summed E-state index contributed by atoms with van der Waals surface area (Å²) >= 11 is 0. The van der Waals surface area contributed by atoms with Gasteiger partial charge in [-0.1, -0.05) is 25.5 Å².